The molecule has 3 N–H and O–H groups in total. The maximum absolute atomic E-state index is 10.8. The number of nitrogens with one attached hydrogen (secondary N) is 1. The molecule has 3 rings (SSSR count). The Hall–Kier alpha value is -1.98. The van der Waals surface area contributed by atoms with Crippen LogP contribution < -0.4 is 5.32 Å². The lowest BCUT2D eigenvalue weighted by Gasteiger charge is -2.37. The average Bonchev–Trinajstić information content (AvgIpc) is 2.96. The number of hydrogen-bond acceptors (Lipinski definition) is 4. The smallest absolute Gasteiger partial charge is 0.136 e. The minimum absolute atomic E-state index is 0.00791. The van der Waals surface area contributed by atoms with Crippen LogP contribution in [-0.2, 0) is 0 Å². The molecule has 4 heteroatoms. The van der Waals surface area contributed by atoms with Crippen LogP contribution in [0.25, 0.3) is 0 Å². The molecule has 4 unspecified atom stereocenters. The molecule has 2 aromatic rings. The molecule has 1 aliphatic heterocycles. The van der Waals surface area contributed by atoms with Crippen molar-refractivity contribution in [2.75, 3.05) is 6.54 Å². The third-order valence-electron chi connectivity index (χ3n) is 5.43. The van der Waals surface area contributed by atoms with Gasteiger partial charge in [-0.25, -0.2) is 4.90 Å². The van der Waals surface area contributed by atoms with Crippen LogP contribution in [0.1, 0.15) is 61.4 Å². The summed E-state index contributed by atoms with van der Waals surface area (Å²) in [4.78, 5) is 1.79. The second kappa shape index (κ2) is 9.29. The van der Waals surface area contributed by atoms with Gasteiger partial charge >= 0.3 is 0 Å². The molecule has 4 atom stereocenters. The number of fused-ring (bicyclic) bond motifs is 1. The number of unbranched alkanes of at least 4 members (excludes halogenated alkanes) is 2. The molecule has 144 valence electrons. The van der Waals surface area contributed by atoms with Crippen LogP contribution in [0.15, 0.2) is 67.3 Å². The topological polar surface area (TPSA) is 55.7 Å². The van der Waals surface area contributed by atoms with Gasteiger partial charge in [0.25, 0.3) is 0 Å². The normalized spacial score (nSPS) is 21.6. The van der Waals surface area contributed by atoms with Gasteiger partial charge in [0.1, 0.15) is 12.5 Å². The van der Waals surface area contributed by atoms with Crippen molar-refractivity contribution in [2.45, 2.75) is 50.7 Å². The van der Waals surface area contributed by atoms with Gasteiger partial charge in [-0.3, -0.25) is 0 Å². The van der Waals surface area contributed by atoms with Gasteiger partial charge in [0, 0.05) is 23.2 Å². The average molecular weight is 367 g/mol. The molecular weight excluding hydrogens is 336 g/mol. The summed E-state index contributed by atoms with van der Waals surface area (Å²) >= 11 is 0. The Morgan fingerprint density at radius 3 is 2.19 bits per heavy atom. The van der Waals surface area contributed by atoms with E-state index in [1.807, 2.05) is 48.5 Å². The fraction of sp³-hybridized carbons (Fsp3) is 0.391. The number of aliphatic hydroxyl groups excluding tert-OH is 2. The second-order valence-corrected chi connectivity index (χ2v) is 7.19. The van der Waals surface area contributed by atoms with Crippen LogP contribution in [-0.4, -0.2) is 27.7 Å². The number of aliphatic hydroxyl groups is 2. The molecule has 0 bridgehead atoms. The Labute approximate surface area is 162 Å². The lowest BCUT2D eigenvalue weighted by Crippen LogP contribution is -2.44. The fourth-order valence-electron chi connectivity index (χ4n) is 3.95. The van der Waals surface area contributed by atoms with E-state index in [-0.39, 0.29) is 12.1 Å². The van der Waals surface area contributed by atoms with Crippen LogP contribution in [0.5, 0.6) is 0 Å². The largest absolute Gasteiger partial charge is 0.374 e. The van der Waals surface area contributed by atoms with Crippen LogP contribution in [0.3, 0.4) is 0 Å². The van der Waals surface area contributed by atoms with Gasteiger partial charge in [-0.1, -0.05) is 60.7 Å². The molecule has 1 heterocycles. The van der Waals surface area contributed by atoms with E-state index in [2.05, 4.69) is 31.0 Å². The predicted octanol–water partition coefficient (Wildman–Crippen LogP) is 4.06. The zero-order chi connectivity index (χ0) is 19.2. The molecule has 0 amide bonds. The van der Waals surface area contributed by atoms with Gasteiger partial charge in [-0.15, -0.1) is 6.58 Å². The van der Waals surface area contributed by atoms with Gasteiger partial charge in [0.05, 0.1) is 0 Å². The maximum Gasteiger partial charge on any atom is 0.136 e. The molecule has 0 fully saturated rings. The van der Waals surface area contributed by atoms with E-state index in [1.165, 1.54) is 0 Å². The van der Waals surface area contributed by atoms with Crippen LogP contribution in [0, 0.1) is 0 Å². The third-order valence-corrected chi connectivity index (χ3v) is 5.43. The van der Waals surface area contributed by atoms with Crippen molar-refractivity contribution in [1.82, 2.24) is 10.2 Å². The molecule has 0 aliphatic carbocycles. The summed E-state index contributed by atoms with van der Waals surface area (Å²) < 4.78 is 0. The molecule has 0 saturated carbocycles. The minimum atomic E-state index is -0.806. The van der Waals surface area contributed by atoms with Gasteiger partial charge in [0.15, 0.2) is 0 Å². The highest BCUT2D eigenvalue weighted by atomic mass is 16.3. The summed E-state index contributed by atoms with van der Waals surface area (Å²) in [6.45, 7) is 6.72. The van der Waals surface area contributed by atoms with Crippen molar-refractivity contribution >= 4 is 0 Å². The number of allylic oxidation sites excluding steroid dienone is 1. The fourth-order valence-corrected chi connectivity index (χ4v) is 3.95. The van der Waals surface area contributed by atoms with Crippen molar-refractivity contribution in [3.8, 4) is 0 Å². The summed E-state index contributed by atoms with van der Waals surface area (Å²) in [7, 11) is 0. The van der Waals surface area contributed by atoms with E-state index in [0.717, 1.165) is 42.5 Å². The maximum atomic E-state index is 10.8. The van der Waals surface area contributed by atoms with Crippen molar-refractivity contribution < 1.29 is 10.2 Å². The van der Waals surface area contributed by atoms with Crippen molar-refractivity contribution in [3.63, 3.8) is 0 Å². The first-order chi connectivity index (χ1) is 13.1. The standard InChI is InChI=1S/C23H30N2O2/c1-3-4-5-11-16-24-21(18-12-7-6-8-13-18)17(2)25-22(26)19-14-9-10-15-20(19)23(25)27/h3,6-10,12-15,17,21-24,26-27H,1,4-5,11,16H2,2H3. The monoisotopic (exact) mass is 366 g/mol. The predicted molar refractivity (Wildman–Crippen MR) is 109 cm³/mol. The van der Waals surface area contributed by atoms with E-state index in [0.29, 0.717) is 0 Å². The SMILES string of the molecule is C=CCCCCNC(c1ccccc1)C(C)N1C(O)c2ccccc2C1O. The summed E-state index contributed by atoms with van der Waals surface area (Å²) in [5.41, 5.74) is 2.73. The summed E-state index contributed by atoms with van der Waals surface area (Å²) in [6.07, 6.45) is 3.53. The summed E-state index contributed by atoms with van der Waals surface area (Å²) in [5.74, 6) is 0. The Bertz CT molecular complexity index is 705. The van der Waals surface area contributed by atoms with E-state index in [1.54, 1.807) is 4.90 Å². The highest BCUT2D eigenvalue weighted by Crippen LogP contribution is 2.42. The Morgan fingerprint density at radius 2 is 1.59 bits per heavy atom. The molecule has 0 spiro atoms. The number of rotatable bonds is 9. The van der Waals surface area contributed by atoms with Crippen LogP contribution >= 0.6 is 0 Å². The molecular formula is C23H30N2O2. The molecule has 4 nitrogen and oxygen atoms in total. The first-order valence-electron chi connectivity index (χ1n) is 9.76. The molecule has 0 saturated heterocycles. The highest BCUT2D eigenvalue weighted by molar-refractivity contribution is 5.35. The van der Waals surface area contributed by atoms with E-state index < -0.39 is 12.5 Å². The van der Waals surface area contributed by atoms with Gasteiger partial charge < -0.3 is 15.5 Å². The van der Waals surface area contributed by atoms with Crippen LogP contribution in [0.4, 0.5) is 0 Å². The van der Waals surface area contributed by atoms with E-state index in [4.69, 9.17) is 0 Å². The first-order valence-corrected chi connectivity index (χ1v) is 9.76. The lowest BCUT2D eigenvalue weighted by atomic mass is 9.98. The lowest BCUT2D eigenvalue weighted by molar-refractivity contribution is -0.113. The Morgan fingerprint density at radius 1 is 1.00 bits per heavy atom. The van der Waals surface area contributed by atoms with Gasteiger partial charge in [-0.2, -0.15) is 0 Å². The van der Waals surface area contributed by atoms with Gasteiger partial charge in [0.2, 0.25) is 0 Å². The summed E-state index contributed by atoms with van der Waals surface area (Å²) in [5, 5.41) is 25.3. The van der Waals surface area contributed by atoms with Crippen molar-refractivity contribution in [3.05, 3.63) is 83.9 Å². The third kappa shape index (κ3) is 4.30. The molecule has 1 aliphatic rings. The second-order valence-electron chi connectivity index (χ2n) is 7.19. The number of benzene rings is 2. The molecule has 0 radical (unpaired) electrons. The molecule has 2 aromatic carbocycles. The highest BCUT2D eigenvalue weighted by Gasteiger charge is 2.41. The quantitative estimate of drug-likeness (QED) is 0.463. The van der Waals surface area contributed by atoms with Gasteiger partial charge in [-0.05, 0) is 38.3 Å². The minimum Gasteiger partial charge on any atom is -0.374 e. The molecule has 0 aromatic heterocycles. The summed E-state index contributed by atoms with van der Waals surface area (Å²) in [6, 6.07) is 17.7. The zero-order valence-electron chi connectivity index (χ0n) is 16.0. The number of hydrogen-bond donors (Lipinski definition) is 3. The molecule has 27 heavy (non-hydrogen) atoms. The zero-order valence-corrected chi connectivity index (χ0v) is 16.0. The van der Waals surface area contributed by atoms with Crippen molar-refractivity contribution in [1.29, 1.82) is 0 Å². The Balaban J connectivity index is 1.78. The first kappa shape index (κ1) is 19.8. The van der Waals surface area contributed by atoms with Crippen LogP contribution in [0.2, 0.25) is 0 Å². The van der Waals surface area contributed by atoms with Crippen molar-refractivity contribution in [2.24, 2.45) is 0 Å². The Kier molecular flexibility index (Phi) is 6.80. The van der Waals surface area contributed by atoms with E-state index in [9.17, 15) is 10.2 Å². The number of nitrogens with zero attached hydrogens (tertiary/aromatic N) is 1. The van der Waals surface area contributed by atoms with E-state index >= 15 is 0 Å².